The summed E-state index contributed by atoms with van der Waals surface area (Å²) in [6, 6.07) is 16.1. The van der Waals surface area contributed by atoms with Crippen molar-refractivity contribution in [3.05, 3.63) is 71.4 Å². The van der Waals surface area contributed by atoms with Gasteiger partial charge in [-0.05, 0) is 35.9 Å². The van der Waals surface area contributed by atoms with Gasteiger partial charge in [0.15, 0.2) is 5.70 Å². The fraction of sp³-hybridized carbons (Fsp3) is 0.105. The van der Waals surface area contributed by atoms with E-state index in [2.05, 4.69) is 4.99 Å². The molecule has 1 aliphatic rings. The van der Waals surface area contributed by atoms with Crippen molar-refractivity contribution in [2.75, 3.05) is 0 Å². The van der Waals surface area contributed by atoms with Gasteiger partial charge in [0.05, 0.1) is 0 Å². The largest absolute Gasteiger partial charge is 0.427 e. The highest BCUT2D eigenvalue weighted by Crippen LogP contribution is 2.21. The van der Waals surface area contributed by atoms with Crippen LogP contribution in [0.4, 0.5) is 0 Å². The second kappa shape index (κ2) is 6.91. The third-order valence-electron chi connectivity index (χ3n) is 3.32. The summed E-state index contributed by atoms with van der Waals surface area (Å²) in [5.41, 5.74) is 1.63. The van der Waals surface area contributed by atoms with Gasteiger partial charge in [-0.2, -0.15) is 0 Å². The molecule has 0 spiro atoms. The van der Waals surface area contributed by atoms with Gasteiger partial charge in [-0.15, -0.1) is 0 Å². The Hall–Kier alpha value is -3.21. The van der Waals surface area contributed by atoms with Crippen LogP contribution in [0.5, 0.6) is 5.75 Å². The third kappa shape index (κ3) is 3.57. The molecule has 0 aliphatic carbocycles. The maximum absolute atomic E-state index is 12.0. The van der Waals surface area contributed by atoms with Crippen molar-refractivity contribution in [1.29, 1.82) is 0 Å². The van der Waals surface area contributed by atoms with Gasteiger partial charge < -0.3 is 9.47 Å². The summed E-state index contributed by atoms with van der Waals surface area (Å²) in [5, 5.41) is 0. The molecule has 0 radical (unpaired) electrons. The first-order chi connectivity index (χ1) is 11.7. The summed E-state index contributed by atoms with van der Waals surface area (Å²) in [6.07, 6.45) is 1.89. The van der Waals surface area contributed by atoms with Crippen molar-refractivity contribution in [3.63, 3.8) is 0 Å². The number of hydrogen-bond acceptors (Lipinski definition) is 5. The number of benzene rings is 2. The number of carbonyl (C=O) groups excluding carboxylic acids is 2. The van der Waals surface area contributed by atoms with Crippen molar-refractivity contribution in [2.24, 2.45) is 4.99 Å². The Kier molecular flexibility index (Phi) is 4.52. The molecule has 1 heterocycles. The quantitative estimate of drug-likeness (QED) is 0.492. The minimum absolute atomic E-state index is 0.202. The van der Waals surface area contributed by atoms with Crippen LogP contribution >= 0.6 is 0 Å². The van der Waals surface area contributed by atoms with E-state index in [9.17, 15) is 9.59 Å². The molecular weight excluding hydrogens is 306 g/mol. The zero-order valence-electron chi connectivity index (χ0n) is 13.1. The van der Waals surface area contributed by atoms with E-state index in [4.69, 9.17) is 9.47 Å². The van der Waals surface area contributed by atoms with Crippen molar-refractivity contribution < 1.29 is 19.1 Å². The topological polar surface area (TPSA) is 65.0 Å². The Morgan fingerprint density at radius 3 is 2.71 bits per heavy atom. The van der Waals surface area contributed by atoms with E-state index in [-0.39, 0.29) is 17.6 Å². The number of cyclic esters (lactones) is 1. The molecule has 0 amide bonds. The van der Waals surface area contributed by atoms with Crippen LogP contribution in [-0.4, -0.2) is 17.8 Å². The predicted molar refractivity (Wildman–Crippen MR) is 89.4 cm³/mol. The van der Waals surface area contributed by atoms with Gasteiger partial charge in [0.25, 0.3) is 0 Å². The van der Waals surface area contributed by atoms with E-state index in [1.54, 1.807) is 37.3 Å². The summed E-state index contributed by atoms with van der Waals surface area (Å²) in [5.74, 6) is -0.121. The number of rotatable bonds is 4. The summed E-state index contributed by atoms with van der Waals surface area (Å²) in [4.78, 5) is 27.6. The molecule has 0 bridgehead atoms. The van der Waals surface area contributed by atoms with Crippen LogP contribution in [0.1, 0.15) is 24.5 Å². The molecule has 5 nitrogen and oxygen atoms in total. The second-order valence-corrected chi connectivity index (χ2v) is 5.10. The second-order valence-electron chi connectivity index (χ2n) is 5.10. The molecule has 3 rings (SSSR count). The molecule has 0 saturated heterocycles. The third-order valence-corrected chi connectivity index (χ3v) is 3.32. The Bertz CT molecular complexity index is 837. The van der Waals surface area contributed by atoms with Crippen molar-refractivity contribution >= 4 is 23.9 Å². The number of ether oxygens (including phenoxy) is 2. The fourth-order valence-electron chi connectivity index (χ4n) is 2.14. The number of carbonyl (C=O) groups is 2. The lowest BCUT2D eigenvalue weighted by molar-refractivity contribution is -0.134. The molecular formula is C19H15NO4. The van der Waals surface area contributed by atoms with Gasteiger partial charge in [-0.25, -0.2) is 9.79 Å². The lowest BCUT2D eigenvalue weighted by Crippen LogP contribution is -2.05. The first kappa shape index (κ1) is 15.7. The van der Waals surface area contributed by atoms with E-state index in [0.29, 0.717) is 17.7 Å². The van der Waals surface area contributed by atoms with Crippen molar-refractivity contribution in [1.82, 2.24) is 0 Å². The zero-order valence-corrected chi connectivity index (χ0v) is 13.1. The fourth-order valence-corrected chi connectivity index (χ4v) is 2.14. The SMILES string of the molecule is CCC(=O)Oc1cccc(/C=C2\N=C(c3ccccc3)OC2=O)c1. The molecule has 120 valence electrons. The van der Waals surface area contributed by atoms with Crippen LogP contribution in [0.25, 0.3) is 6.08 Å². The van der Waals surface area contributed by atoms with Crippen LogP contribution < -0.4 is 4.74 Å². The molecule has 0 atom stereocenters. The van der Waals surface area contributed by atoms with Gasteiger partial charge in [0, 0.05) is 12.0 Å². The Morgan fingerprint density at radius 1 is 1.17 bits per heavy atom. The van der Waals surface area contributed by atoms with Crippen LogP contribution in [-0.2, 0) is 14.3 Å². The first-order valence-electron chi connectivity index (χ1n) is 7.54. The highest BCUT2D eigenvalue weighted by atomic mass is 16.6. The average Bonchev–Trinajstić information content (AvgIpc) is 2.96. The number of nitrogens with zero attached hydrogens (tertiary/aromatic N) is 1. The van der Waals surface area contributed by atoms with Gasteiger partial charge in [0.1, 0.15) is 5.75 Å². The lowest BCUT2D eigenvalue weighted by atomic mass is 10.2. The Balaban J connectivity index is 1.86. The van der Waals surface area contributed by atoms with E-state index in [1.165, 1.54) is 0 Å². The maximum Gasteiger partial charge on any atom is 0.363 e. The summed E-state index contributed by atoms with van der Waals surface area (Å²) < 4.78 is 10.4. The van der Waals surface area contributed by atoms with Gasteiger partial charge in [0.2, 0.25) is 5.90 Å². The number of aliphatic imine (C=N–C) groups is 1. The Morgan fingerprint density at radius 2 is 1.96 bits per heavy atom. The van der Waals surface area contributed by atoms with E-state index >= 15 is 0 Å². The van der Waals surface area contributed by atoms with Gasteiger partial charge >= 0.3 is 11.9 Å². The van der Waals surface area contributed by atoms with Crippen LogP contribution in [0.2, 0.25) is 0 Å². The minimum Gasteiger partial charge on any atom is -0.427 e. The van der Waals surface area contributed by atoms with Crippen molar-refractivity contribution in [2.45, 2.75) is 13.3 Å². The van der Waals surface area contributed by atoms with Gasteiger partial charge in [-0.1, -0.05) is 37.3 Å². The molecule has 0 saturated carbocycles. The summed E-state index contributed by atoms with van der Waals surface area (Å²) in [7, 11) is 0. The number of hydrogen-bond donors (Lipinski definition) is 0. The normalized spacial score (nSPS) is 15.1. The minimum atomic E-state index is -0.509. The molecule has 2 aromatic rings. The van der Waals surface area contributed by atoms with E-state index in [0.717, 1.165) is 5.56 Å². The molecule has 0 unspecified atom stereocenters. The van der Waals surface area contributed by atoms with Gasteiger partial charge in [-0.3, -0.25) is 4.79 Å². The van der Waals surface area contributed by atoms with Crippen LogP contribution in [0.3, 0.4) is 0 Å². The zero-order chi connectivity index (χ0) is 16.9. The molecule has 2 aromatic carbocycles. The molecule has 1 aliphatic heterocycles. The molecule has 0 aromatic heterocycles. The standard InChI is InChI=1S/C19H15NO4/c1-2-17(21)23-15-10-6-7-13(11-15)12-16-19(22)24-18(20-16)14-8-4-3-5-9-14/h3-12H,2H2,1H3/b16-12-. The summed E-state index contributed by atoms with van der Waals surface area (Å²) >= 11 is 0. The summed E-state index contributed by atoms with van der Waals surface area (Å²) in [6.45, 7) is 1.72. The monoisotopic (exact) mass is 321 g/mol. The lowest BCUT2D eigenvalue weighted by Gasteiger charge is -2.03. The van der Waals surface area contributed by atoms with E-state index in [1.807, 2.05) is 30.3 Å². The van der Waals surface area contributed by atoms with Crippen LogP contribution in [0.15, 0.2) is 65.3 Å². The maximum atomic E-state index is 12.0. The van der Waals surface area contributed by atoms with Crippen LogP contribution in [0, 0.1) is 0 Å². The smallest absolute Gasteiger partial charge is 0.363 e. The molecule has 5 heteroatoms. The molecule has 24 heavy (non-hydrogen) atoms. The van der Waals surface area contributed by atoms with Crippen molar-refractivity contribution in [3.8, 4) is 5.75 Å². The highest BCUT2D eigenvalue weighted by molar-refractivity contribution is 6.12. The molecule has 0 N–H and O–H groups in total. The number of esters is 2. The molecule has 0 fully saturated rings. The Labute approximate surface area is 139 Å². The average molecular weight is 321 g/mol. The first-order valence-corrected chi connectivity index (χ1v) is 7.54. The highest BCUT2D eigenvalue weighted by Gasteiger charge is 2.23. The van der Waals surface area contributed by atoms with E-state index < -0.39 is 5.97 Å². The predicted octanol–water partition coefficient (Wildman–Crippen LogP) is 3.35.